The SMILES string of the molecule is CCCCCCCCCCCC(c1ccc(S(N)(=O)=O)cc1)c1nncs1. The van der Waals surface area contributed by atoms with Crippen molar-refractivity contribution in [2.24, 2.45) is 5.14 Å². The van der Waals surface area contributed by atoms with E-state index in [1.807, 2.05) is 12.1 Å². The molecule has 7 heteroatoms. The molecule has 2 aromatic rings. The van der Waals surface area contributed by atoms with Gasteiger partial charge in [-0.1, -0.05) is 76.8 Å². The number of benzene rings is 1. The molecule has 5 nitrogen and oxygen atoms in total. The van der Waals surface area contributed by atoms with E-state index in [1.165, 1.54) is 51.4 Å². The van der Waals surface area contributed by atoms with E-state index >= 15 is 0 Å². The van der Waals surface area contributed by atoms with Gasteiger partial charge in [0.2, 0.25) is 10.0 Å². The lowest BCUT2D eigenvalue weighted by atomic mass is 9.93. The third-order valence-corrected chi connectivity index (χ3v) is 6.62. The Morgan fingerprint density at radius 1 is 0.963 bits per heavy atom. The molecular weight excluding hydrogens is 378 g/mol. The van der Waals surface area contributed by atoms with E-state index in [1.54, 1.807) is 29.0 Å². The molecule has 150 valence electrons. The second-order valence-electron chi connectivity index (χ2n) is 7.06. The van der Waals surface area contributed by atoms with E-state index in [4.69, 9.17) is 5.14 Å². The second-order valence-corrected chi connectivity index (χ2v) is 9.49. The van der Waals surface area contributed by atoms with Crippen LogP contribution >= 0.6 is 11.3 Å². The number of hydrogen-bond donors (Lipinski definition) is 1. The minimum Gasteiger partial charge on any atom is -0.225 e. The topological polar surface area (TPSA) is 85.9 Å². The molecule has 0 amide bonds. The van der Waals surface area contributed by atoms with E-state index in [0.717, 1.165) is 23.4 Å². The minimum atomic E-state index is -3.66. The molecule has 1 unspecified atom stereocenters. The van der Waals surface area contributed by atoms with Gasteiger partial charge in [0.25, 0.3) is 0 Å². The van der Waals surface area contributed by atoms with Gasteiger partial charge in [0, 0.05) is 5.92 Å². The second kappa shape index (κ2) is 11.5. The van der Waals surface area contributed by atoms with Gasteiger partial charge in [0.1, 0.15) is 10.5 Å². The highest BCUT2D eigenvalue weighted by atomic mass is 32.2. The summed E-state index contributed by atoms with van der Waals surface area (Å²) >= 11 is 1.55. The number of aromatic nitrogens is 2. The van der Waals surface area contributed by atoms with Crippen LogP contribution in [0.3, 0.4) is 0 Å². The van der Waals surface area contributed by atoms with Crippen molar-refractivity contribution in [2.75, 3.05) is 0 Å². The van der Waals surface area contributed by atoms with Crippen molar-refractivity contribution in [2.45, 2.75) is 81.9 Å². The van der Waals surface area contributed by atoms with Gasteiger partial charge in [-0.2, -0.15) is 0 Å². The summed E-state index contributed by atoms with van der Waals surface area (Å²) in [5, 5.41) is 14.4. The van der Waals surface area contributed by atoms with Crippen LogP contribution in [0.25, 0.3) is 0 Å². The molecule has 1 heterocycles. The lowest BCUT2D eigenvalue weighted by molar-refractivity contribution is 0.544. The number of nitrogens with two attached hydrogens (primary N) is 1. The van der Waals surface area contributed by atoms with Crippen LogP contribution in [0.2, 0.25) is 0 Å². The van der Waals surface area contributed by atoms with Crippen LogP contribution in [-0.4, -0.2) is 18.6 Å². The zero-order valence-corrected chi connectivity index (χ0v) is 17.8. The first-order valence-electron chi connectivity index (χ1n) is 9.91. The number of nitrogens with zero attached hydrogens (tertiary/aromatic N) is 2. The Morgan fingerprint density at radius 2 is 1.56 bits per heavy atom. The van der Waals surface area contributed by atoms with Crippen LogP contribution < -0.4 is 5.14 Å². The smallest absolute Gasteiger partial charge is 0.225 e. The molecule has 0 radical (unpaired) electrons. The Bertz CT molecular complexity index is 744. The molecule has 27 heavy (non-hydrogen) atoms. The van der Waals surface area contributed by atoms with Gasteiger partial charge in [-0.25, -0.2) is 13.6 Å². The van der Waals surface area contributed by atoms with Gasteiger partial charge < -0.3 is 0 Å². The summed E-state index contributed by atoms with van der Waals surface area (Å²) in [6.07, 6.45) is 12.7. The van der Waals surface area contributed by atoms with Crippen LogP contribution in [0.15, 0.2) is 34.7 Å². The lowest BCUT2D eigenvalue weighted by Crippen LogP contribution is -2.12. The first-order valence-corrected chi connectivity index (χ1v) is 12.3. The fourth-order valence-electron chi connectivity index (χ4n) is 3.32. The van der Waals surface area contributed by atoms with Crippen LogP contribution in [0.4, 0.5) is 0 Å². The number of hydrogen-bond acceptors (Lipinski definition) is 5. The van der Waals surface area contributed by atoms with Gasteiger partial charge in [-0.05, 0) is 24.1 Å². The lowest BCUT2D eigenvalue weighted by Gasteiger charge is -2.15. The molecule has 0 fully saturated rings. The largest absolute Gasteiger partial charge is 0.238 e. The molecule has 0 aliphatic rings. The van der Waals surface area contributed by atoms with Crippen molar-refractivity contribution in [3.63, 3.8) is 0 Å². The maximum Gasteiger partial charge on any atom is 0.238 e. The molecular formula is C20H31N3O2S2. The summed E-state index contributed by atoms with van der Waals surface area (Å²) in [4.78, 5) is 0.144. The van der Waals surface area contributed by atoms with Gasteiger partial charge >= 0.3 is 0 Å². The van der Waals surface area contributed by atoms with Crippen LogP contribution in [0.5, 0.6) is 0 Å². The first kappa shape index (κ1) is 22.0. The van der Waals surface area contributed by atoms with Crippen molar-refractivity contribution in [1.82, 2.24) is 10.2 Å². The quantitative estimate of drug-likeness (QED) is 0.458. The Balaban J connectivity index is 1.85. The molecule has 0 aliphatic carbocycles. The zero-order valence-electron chi connectivity index (χ0n) is 16.1. The fourth-order valence-corrected chi connectivity index (χ4v) is 4.55. The summed E-state index contributed by atoms with van der Waals surface area (Å²) in [5.74, 6) is 0.164. The predicted octanol–water partition coefficient (Wildman–Crippen LogP) is 5.24. The molecule has 1 aromatic carbocycles. The minimum absolute atomic E-state index is 0.144. The highest BCUT2D eigenvalue weighted by molar-refractivity contribution is 7.89. The Labute approximate surface area is 167 Å². The molecule has 2 rings (SSSR count). The van der Waals surface area contributed by atoms with Crippen LogP contribution in [0, 0.1) is 0 Å². The normalized spacial score (nSPS) is 13.0. The summed E-state index contributed by atoms with van der Waals surface area (Å²) < 4.78 is 22.9. The number of unbranched alkanes of at least 4 members (excludes halogenated alkanes) is 8. The van der Waals surface area contributed by atoms with Crippen molar-refractivity contribution < 1.29 is 8.42 Å². The van der Waals surface area contributed by atoms with Crippen molar-refractivity contribution in [3.8, 4) is 0 Å². The third-order valence-electron chi connectivity index (χ3n) is 4.88. The van der Waals surface area contributed by atoms with Crippen LogP contribution in [0.1, 0.15) is 87.6 Å². The summed E-state index contributed by atoms with van der Waals surface area (Å²) in [6, 6.07) is 6.85. The average Bonchev–Trinajstić information content (AvgIpc) is 3.17. The predicted molar refractivity (Wildman–Crippen MR) is 111 cm³/mol. The molecule has 2 N–H and O–H groups in total. The van der Waals surface area contributed by atoms with E-state index in [-0.39, 0.29) is 10.8 Å². The van der Waals surface area contributed by atoms with Gasteiger partial charge in [0.15, 0.2) is 0 Å². The van der Waals surface area contributed by atoms with Crippen LogP contribution in [-0.2, 0) is 10.0 Å². The van der Waals surface area contributed by atoms with Gasteiger partial charge in [0.05, 0.1) is 4.90 Å². The molecule has 0 bridgehead atoms. The highest BCUT2D eigenvalue weighted by Gasteiger charge is 2.18. The Morgan fingerprint density at radius 3 is 2.07 bits per heavy atom. The maximum absolute atomic E-state index is 11.5. The third kappa shape index (κ3) is 7.68. The monoisotopic (exact) mass is 409 g/mol. The molecule has 1 atom stereocenters. The zero-order chi connectivity index (χ0) is 19.5. The maximum atomic E-state index is 11.5. The first-order chi connectivity index (χ1) is 13.0. The number of sulfonamides is 1. The van der Waals surface area contributed by atoms with Crippen molar-refractivity contribution in [1.29, 1.82) is 0 Å². The van der Waals surface area contributed by atoms with E-state index < -0.39 is 10.0 Å². The van der Waals surface area contributed by atoms with E-state index in [9.17, 15) is 8.42 Å². The summed E-state index contributed by atoms with van der Waals surface area (Å²) in [5.41, 5.74) is 2.82. The number of rotatable bonds is 13. The molecule has 0 saturated carbocycles. The Hall–Kier alpha value is -1.31. The molecule has 0 aliphatic heterocycles. The fraction of sp³-hybridized carbons (Fsp3) is 0.600. The summed E-state index contributed by atoms with van der Waals surface area (Å²) in [7, 11) is -3.66. The average molecular weight is 410 g/mol. The van der Waals surface area contributed by atoms with Gasteiger partial charge in [-0.15, -0.1) is 21.5 Å². The number of primary sulfonamides is 1. The van der Waals surface area contributed by atoms with Crippen molar-refractivity contribution in [3.05, 3.63) is 40.3 Å². The van der Waals surface area contributed by atoms with E-state index in [0.29, 0.717) is 0 Å². The molecule has 1 aromatic heterocycles. The molecule has 0 spiro atoms. The van der Waals surface area contributed by atoms with Gasteiger partial charge in [-0.3, -0.25) is 0 Å². The van der Waals surface area contributed by atoms with Crippen molar-refractivity contribution >= 4 is 21.4 Å². The highest BCUT2D eigenvalue weighted by Crippen LogP contribution is 2.31. The van der Waals surface area contributed by atoms with E-state index in [2.05, 4.69) is 17.1 Å². The molecule has 0 saturated heterocycles. The standard InChI is InChI=1S/C20H31N3O2S2/c1-2-3-4-5-6-7-8-9-10-11-19(20-23-22-16-26-20)17-12-14-18(15-13-17)27(21,24)25/h12-16,19H,2-11H2,1H3,(H2,21,24,25). The summed E-state index contributed by atoms with van der Waals surface area (Å²) in [6.45, 7) is 2.25. The Kier molecular flexibility index (Phi) is 9.38.